The summed E-state index contributed by atoms with van der Waals surface area (Å²) in [5.41, 5.74) is 0. The van der Waals surface area contributed by atoms with E-state index in [-0.39, 0.29) is 23.8 Å². The number of piperidine rings is 1. The number of carbonyl (C=O) groups is 2. The van der Waals surface area contributed by atoms with Crippen molar-refractivity contribution in [2.24, 2.45) is 11.8 Å². The molecule has 3 atom stereocenters. The summed E-state index contributed by atoms with van der Waals surface area (Å²) in [5, 5.41) is 9.03. The van der Waals surface area contributed by atoms with Crippen LogP contribution in [0.5, 0.6) is 0 Å². The van der Waals surface area contributed by atoms with Crippen molar-refractivity contribution in [2.45, 2.75) is 38.7 Å². The molecule has 0 radical (unpaired) electrons. The Kier molecular flexibility index (Phi) is 4.22. The lowest BCUT2D eigenvalue weighted by molar-refractivity contribution is -0.148. The number of aliphatic carboxylic acids is 1. The lowest BCUT2D eigenvalue weighted by Gasteiger charge is -2.35. The molecule has 0 aromatic heterocycles. The third kappa shape index (κ3) is 3.02. The highest BCUT2D eigenvalue weighted by Crippen LogP contribution is 2.25. The molecular weight excluding hydrogens is 234 g/mol. The first-order valence-electron chi connectivity index (χ1n) is 6.71. The maximum absolute atomic E-state index is 12.3. The van der Waals surface area contributed by atoms with Crippen molar-refractivity contribution in [3.8, 4) is 0 Å². The van der Waals surface area contributed by atoms with Crippen LogP contribution in [0, 0.1) is 11.8 Å². The van der Waals surface area contributed by atoms with Gasteiger partial charge in [0.2, 0.25) is 5.91 Å². The molecule has 18 heavy (non-hydrogen) atoms. The van der Waals surface area contributed by atoms with Crippen molar-refractivity contribution in [1.82, 2.24) is 4.90 Å². The molecule has 0 spiro atoms. The van der Waals surface area contributed by atoms with Crippen LogP contribution in [0.15, 0.2) is 0 Å². The van der Waals surface area contributed by atoms with Gasteiger partial charge >= 0.3 is 5.97 Å². The minimum atomic E-state index is -0.784. The Hall–Kier alpha value is -1.10. The number of ether oxygens (including phenoxy) is 1. The standard InChI is InChI=1S/C13H21NO4/c1-9-7-10(4-6-18-9)12(15)14-5-2-3-11(8-14)13(16)17/h9-11H,2-8H2,1H3,(H,16,17). The largest absolute Gasteiger partial charge is 0.481 e. The zero-order valence-electron chi connectivity index (χ0n) is 10.8. The first-order chi connectivity index (χ1) is 8.58. The fourth-order valence-electron chi connectivity index (χ4n) is 2.86. The van der Waals surface area contributed by atoms with E-state index in [1.165, 1.54) is 0 Å². The second-order valence-corrected chi connectivity index (χ2v) is 5.36. The van der Waals surface area contributed by atoms with Gasteiger partial charge in [-0.1, -0.05) is 0 Å². The van der Waals surface area contributed by atoms with Crippen LogP contribution in [0.2, 0.25) is 0 Å². The molecule has 0 bridgehead atoms. The summed E-state index contributed by atoms with van der Waals surface area (Å²) in [7, 11) is 0. The van der Waals surface area contributed by atoms with Crippen molar-refractivity contribution in [3.05, 3.63) is 0 Å². The van der Waals surface area contributed by atoms with Gasteiger partial charge in [-0.25, -0.2) is 0 Å². The van der Waals surface area contributed by atoms with Crippen molar-refractivity contribution in [1.29, 1.82) is 0 Å². The number of nitrogens with zero attached hydrogens (tertiary/aromatic N) is 1. The molecule has 2 fully saturated rings. The number of carbonyl (C=O) groups excluding carboxylic acids is 1. The van der Waals surface area contributed by atoms with Crippen LogP contribution in [-0.2, 0) is 14.3 Å². The van der Waals surface area contributed by atoms with Crippen LogP contribution in [-0.4, -0.2) is 47.7 Å². The average molecular weight is 255 g/mol. The van der Waals surface area contributed by atoms with Gasteiger partial charge in [0, 0.05) is 25.6 Å². The molecule has 1 N–H and O–H groups in total. The van der Waals surface area contributed by atoms with Crippen molar-refractivity contribution >= 4 is 11.9 Å². The van der Waals surface area contributed by atoms with Crippen LogP contribution >= 0.6 is 0 Å². The van der Waals surface area contributed by atoms with Gasteiger partial charge in [0.15, 0.2) is 0 Å². The van der Waals surface area contributed by atoms with Crippen LogP contribution in [0.25, 0.3) is 0 Å². The highest BCUT2D eigenvalue weighted by molar-refractivity contribution is 5.80. The number of likely N-dealkylation sites (tertiary alicyclic amines) is 1. The molecule has 2 heterocycles. The van der Waals surface area contributed by atoms with Crippen molar-refractivity contribution < 1.29 is 19.4 Å². The number of rotatable bonds is 2. The number of carboxylic acid groups (broad SMARTS) is 1. The van der Waals surface area contributed by atoms with Gasteiger partial charge in [-0.15, -0.1) is 0 Å². The second-order valence-electron chi connectivity index (χ2n) is 5.36. The molecule has 0 aliphatic carbocycles. The van der Waals surface area contributed by atoms with Crippen molar-refractivity contribution in [2.75, 3.05) is 19.7 Å². The van der Waals surface area contributed by atoms with Crippen LogP contribution < -0.4 is 0 Å². The molecule has 2 rings (SSSR count). The van der Waals surface area contributed by atoms with Gasteiger partial charge in [-0.2, -0.15) is 0 Å². The van der Waals surface area contributed by atoms with E-state index in [4.69, 9.17) is 9.84 Å². The summed E-state index contributed by atoms with van der Waals surface area (Å²) < 4.78 is 5.44. The average Bonchev–Trinajstić information content (AvgIpc) is 2.38. The number of amides is 1. The fourth-order valence-corrected chi connectivity index (χ4v) is 2.86. The summed E-state index contributed by atoms with van der Waals surface area (Å²) in [5.74, 6) is -1.04. The topological polar surface area (TPSA) is 66.8 Å². The molecule has 0 aromatic carbocycles. The zero-order valence-corrected chi connectivity index (χ0v) is 10.8. The van der Waals surface area contributed by atoms with E-state index in [1.807, 2.05) is 6.92 Å². The predicted octanol–water partition coefficient (Wildman–Crippen LogP) is 1.12. The Bertz CT molecular complexity index is 331. The quantitative estimate of drug-likeness (QED) is 0.803. The van der Waals surface area contributed by atoms with Gasteiger partial charge in [0.05, 0.1) is 12.0 Å². The number of hydrogen-bond donors (Lipinski definition) is 1. The number of carboxylic acids is 1. The third-order valence-corrected chi connectivity index (χ3v) is 3.92. The summed E-state index contributed by atoms with van der Waals surface area (Å²) >= 11 is 0. The van der Waals surface area contributed by atoms with Gasteiger partial charge in [-0.3, -0.25) is 9.59 Å². The van der Waals surface area contributed by atoms with Crippen LogP contribution in [0.4, 0.5) is 0 Å². The maximum atomic E-state index is 12.3. The van der Waals surface area contributed by atoms with Crippen LogP contribution in [0.1, 0.15) is 32.6 Å². The molecule has 2 aliphatic heterocycles. The minimum Gasteiger partial charge on any atom is -0.481 e. The molecule has 2 saturated heterocycles. The van der Waals surface area contributed by atoms with Crippen molar-refractivity contribution in [3.63, 3.8) is 0 Å². The lowest BCUT2D eigenvalue weighted by Crippen LogP contribution is -2.46. The van der Waals surface area contributed by atoms with E-state index in [0.717, 1.165) is 19.3 Å². The smallest absolute Gasteiger partial charge is 0.308 e. The highest BCUT2D eigenvalue weighted by atomic mass is 16.5. The molecule has 0 aromatic rings. The Labute approximate surface area is 107 Å². The minimum absolute atomic E-state index is 0.0151. The van der Waals surface area contributed by atoms with Gasteiger partial charge < -0.3 is 14.7 Å². The Balaban J connectivity index is 1.93. The summed E-state index contributed by atoms with van der Waals surface area (Å²) in [6.45, 7) is 3.69. The molecule has 2 aliphatic rings. The molecule has 0 saturated carbocycles. The predicted molar refractivity (Wildman–Crippen MR) is 65.1 cm³/mol. The Morgan fingerprint density at radius 2 is 2.06 bits per heavy atom. The summed E-state index contributed by atoms with van der Waals surface area (Å²) in [4.78, 5) is 25.1. The summed E-state index contributed by atoms with van der Waals surface area (Å²) in [6, 6.07) is 0. The first-order valence-corrected chi connectivity index (χ1v) is 6.71. The third-order valence-electron chi connectivity index (χ3n) is 3.92. The summed E-state index contributed by atoms with van der Waals surface area (Å²) in [6.07, 6.45) is 3.13. The molecule has 1 amide bonds. The van der Waals surface area contributed by atoms with E-state index >= 15 is 0 Å². The maximum Gasteiger partial charge on any atom is 0.308 e. The lowest BCUT2D eigenvalue weighted by atomic mass is 9.92. The Morgan fingerprint density at radius 3 is 2.72 bits per heavy atom. The van der Waals surface area contributed by atoms with E-state index in [2.05, 4.69) is 0 Å². The molecule has 5 nitrogen and oxygen atoms in total. The molecule has 3 unspecified atom stereocenters. The van der Waals surface area contributed by atoms with Gasteiger partial charge in [-0.05, 0) is 32.6 Å². The monoisotopic (exact) mass is 255 g/mol. The van der Waals surface area contributed by atoms with E-state index in [1.54, 1.807) is 4.90 Å². The molecular formula is C13H21NO4. The second kappa shape index (κ2) is 5.69. The first kappa shape index (κ1) is 13.3. The van der Waals surface area contributed by atoms with Gasteiger partial charge in [0.25, 0.3) is 0 Å². The Morgan fingerprint density at radius 1 is 1.28 bits per heavy atom. The normalized spacial score (nSPS) is 33.2. The van der Waals surface area contributed by atoms with E-state index < -0.39 is 5.97 Å². The number of hydrogen-bond acceptors (Lipinski definition) is 3. The fraction of sp³-hybridized carbons (Fsp3) is 0.846. The molecule has 5 heteroatoms. The van der Waals surface area contributed by atoms with E-state index in [9.17, 15) is 9.59 Å². The SMILES string of the molecule is CC1CC(C(=O)N2CCCC(C(=O)O)C2)CCO1. The highest BCUT2D eigenvalue weighted by Gasteiger charge is 2.33. The van der Waals surface area contributed by atoms with Gasteiger partial charge in [0.1, 0.15) is 0 Å². The van der Waals surface area contributed by atoms with E-state index in [0.29, 0.717) is 26.1 Å². The zero-order chi connectivity index (χ0) is 13.1. The van der Waals surface area contributed by atoms with Crippen LogP contribution in [0.3, 0.4) is 0 Å². The molecule has 102 valence electrons.